The predicted octanol–water partition coefficient (Wildman–Crippen LogP) is 2.54. The smallest absolute Gasteiger partial charge is 0.162 e. The fraction of sp³-hybridized carbons (Fsp3) is 0.462. The number of aryl methyl sites for hydroxylation is 1. The van der Waals surface area contributed by atoms with Gasteiger partial charge in [-0.3, -0.25) is 5.32 Å². The molecule has 0 saturated carbocycles. The number of nitriles is 1. The van der Waals surface area contributed by atoms with Crippen LogP contribution in [0.15, 0.2) is 12.1 Å². The molecule has 0 aliphatic carbocycles. The third-order valence-corrected chi connectivity index (χ3v) is 2.31. The molecule has 1 aromatic carbocycles. The zero-order valence-corrected chi connectivity index (χ0v) is 10.6. The van der Waals surface area contributed by atoms with Crippen molar-refractivity contribution in [3.63, 3.8) is 0 Å². The van der Waals surface area contributed by atoms with E-state index in [1.54, 1.807) is 6.92 Å². The van der Waals surface area contributed by atoms with E-state index in [1.807, 2.05) is 19.9 Å². The second-order valence-electron chi connectivity index (χ2n) is 4.35. The van der Waals surface area contributed by atoms with Gasteiger partial charge in [-0.25, -0.2) is 8.78 Å². The first-order valence-corrected chi connectivity index (χ1v) is 5.68. The average molecular weight is 254 g/mol. The Labute approximate surface area is 105 Å². The molecule has 0 amide bonds. The van der Waals surface area contributed by atoms with E-state index in [0.717, 1.165) is 12.1 Å². The van der Waals surface area contributed by atoms with Crippen LogP contribution in [0.25, 0.3) is 0 Å². The van der Waals surface area contributed by atoms with Gasteiger partial charge in [0, 0.05) is 12.1 Å². The summed E-state index contributed by atoms with van der Waals surface area (Å²) in [5.74, 6) is -1.61. The van der Waals surface area contributed by atoms with Crippen molar-refractivity contribution in [2.45, 2.75) is 32.9 Å². The van der Waals surface area contributed by atoms with E-state index >= 15 is 0 Å². The summed E-state index contributed by atoms with van der Waals surface area (Å²) in [5, 5.41) is 11.9. The standard InChI is InChI=1S/C13H16F2N2O/c1-8(2)17-10(6-16)7-18-13-5-12(15)11(14)4-9(13)3/h4-5,8,10,17H,7H2,1-3H3. The molecular weight excluding hydrogens is 238 g/mol. The third kappa shape index (κ3) is 3.97. The molecule has 0 bridgehead atoms. The van der Waals surface area contributed by atoms with Gasteiger partial charge in [-0.15, -0.1) is 0 Å². The number of ether oxygens (including phenoxy) is 1. The first-order chi connectivity index (χ1) is 8.43. The molecule has 0 heterocycles. The van der Waals surface area contributed by atoms with Crippen LogP contribution in [-0.4, -0.2) is 18.7 Å². The van der Waals surface area contributed by atoms with E-state index < -0.39 is 17.7 Å². The Kier molecular flexibility index (Phi) is 5.05. The maximum absolute atomic E-state index is 13.0. The summed E-state index contributed by atoms with van der Waals surface area (Å²) in [4.78, 5) is 0. The lowest BCUT2D eigenvalue weighted by Crippen LogP contribution is -2.38. The van der Waals surface area contributed by atoms with Crippen LogP contribution in [0.3, 0.4) is 0 Å². The summed E-state index contributed by atoms with van der Waals surface area (Å²) in [6, 6.07) is 3.77. The maximum Gasteiger partial charge on any atom is 0.162 e. The second-order valence-corrected chi connectivity index (χ2v) is 4.35. The Hall–Kier alpha value is -1.67. The summed E-state index contributed by atoms with van der Waals surface area (Å²) in [6.07, 6.45) is 0. The van der Waals surface area contributed by atoms with Gasteiger partial charge in [0.05, 0.1) is 6.07 Å². The van der Waals surface area contributed by atoms with E-state index in [4.69, 9.17) is 10.00 Å². The van der Waals surface area contributed by atoms with Crippen LogP contribution in [0.2, 0.25) is 0 Å². The molecule has 0 aliphatic heterocycles. The number of nitrogens with one attached hydrogen (secondary N) is 1. The lowest BCUT2D eigenvalue weighted by atomic mass is 10.2. The van der Waals surface area contributed by atoms with Gasteiger partial charge in [0.2, 0.25) is 0 Å². The molecule has 98 valence electrons. The molecule has 0 spiro atoms. The molecule has 5 heteroatoms. The summed E-state index contributed by atoms with van der Waals surface area (Å²) in [6.45, 7) is 5.52. The highest BCUT2D eigenvalue weighted by Crippen LogP contribution is 2.21. The fourth-order valence-corrected chi connectivity index (χ4v) is 1.48. The number of hydrogen-bond acceptors (Lipinski definition) is 3. The predicted molar refractivity (Wildman–Crippen MR) is 64.3 cm³/mol. The highest BCUT2D eigenvalue weighted by atomic mass is 19.2. The Balaban J connectivity index is 2.68. The van der Waals surface area contributed by atoms with Gasteiger partial charge in [-0.1, -0.05) is 0 Å². The van der Waals surface area contributed by atoms with E-state index in [9.17, 15) is 8.78 Å². The van der Waals surface area contributed by atoms with Gasteiger partial charge in [0.1, 0.15) is 18.4 Å². The topological polar surface area (TPSA) is 45.0 Å². The van der Waals surface area contributed by atoms with Crippen molar-refractivity contribution in [2.75, 3.05) is 6.61 Å². The molecule has 1 aromatic rings. The zero-order valence-electron chi connectivity index (χ0n) is 10.6. The molecule has 1 N–H and O–H groups in total. The van der Waals surface area contributed by atoms with Crippen molar-refractivity contribution in [3.8, 4) is 11.8 Å². The Morgan fingerprint density at radius 1 is 1.33 bits per heavy atom. The Bertz CT molecular complexity index is 455. The molecule has 3 nitrogen and oxygen atoms in total. The van der Waals surface area contributed by atoms with Crippen LogP contribution in [0.4, 0.5) is 8.78 Å². The molecule has 0 radical (unpaired) electrons. The van der Waals surface area contributed by atoms with Crippen LogP contribution in [0.5, 0.6) is 5.75 Å². The minimum absolute atomic E-state index is 0.0839. The summed E-state index contributed by atoms with van der Waals surface area (Å²) in [5.41, 5.74) is 0.495. The number of halogens is 2. The molecular formula is C13H16F2N2O. The quantitative estimate of drug-likeness (QED) is 0.878. The van der Waals surface area contributed by atoms with E-state index in [0.29, 0.717) is 5.56 Å². The van der Waals surface area contributed by atoms with Crippen molar-refractivity contribution in [1.82, 2.24) is 5.32 Å². The lowest BCUT2D eigenvalue weighted by molar-refractivity contribution is 0.278. The minimum atomic E-state index is -0.957. The minimum Gasteiger partial charge on any atom is -0.490 e. The van der Waals surface area contributed by atoms with Gasteiger partial charge in [0.15, 0.2) is 11.6 Å². The molecule has 1 unspecified atom stereocenters. The molecule has 0 aliphatic rings. The van der Waals surface area contributed by atoms with E-state index in [-0.39, 0.29) is 18.4 Å². The van der Waals surface area contributed by atoms with Crippen molar-refractivity contribution < 1.29 is 13.5 Å². The monoisotopic (exact) mass is 254 g/mol. The summed E-state index contributed by atoms with van der Waals surface area (Å²) < 4.78 is 31.3. The second kappa shape index (κ2) is 6.31. The molecule has 1 atom stereocenters. The number of hydrogen-bond donors (Lipinski definition) is 1. The van der Waals surface area contributed by atoms with Crippen molar-refractivity contribution in [1.29, 1.82) is 5.26 Å². The first-order valence-electron chi connectivity index (χ1n) is 5.68. The Morgan fingerprint density at radius 2 is 1.94 bits per heavy atom. The highest BCUT2D eigenvalue weighted by molar-refractivity contribution is 5.33. The summed E-state index contributed by atoms with van der Waals surface area (Å²) in [7, 11) is 0. The van der Waals surface area contributed by atoms with Gasteiger partial charge < -0.3 is 4.74 Å². The van der Waals surface area contributed by atoms with Gasteiger partial charge in [-0.2, -0.15) is 5.26 Å². The molecule has 0 saturated heterocycles. The normalized spacial score (nSPS) is 12.3. The molecule has 1 rings (SSSR count). The summed E-state index contributed by atoms with van der Waals surface area (Å²) >= 11 is 0. The number of nitrogens with zero attached hydrogens (tertiary/aromatic N) is 1. The third-order valence-electron chi connectivity index (χ3n) is 2.31. The van der Waals surface area contributed by atoms with Gasteiger partial charge >= 0.3 is 0 Å². The van der Waals surface area contributed by atoms with E-state index in [1.165, 1.54) is 0 Å². The van der Waals surface area contributed by atoms with Crippen LogP contribution >= 0.6 is 0 Å². The van der Waals surface area contributed by atoms with Gasteiger partial charge in [-0.05, 0) is 32.4 Å². The maximum atomic E-state index is 13.0. The van der Waals surface area contributed by atoms with Crippen LogP contribution < -0.4 is 10.1 Å². The molecule has 0 aromatic heterocycles. The molecule has 0 fully saturated rings. The fourth-order valence-electron chi connectivity index (χ4n) is 1.48. The van der Waals surface area contributed by atoms with Crippen molar-refractivity contribution in [2.24, 2.45) is 0 Å². The zero-order chi connectivity index (χ0) is 13.7. The first kappa shape index (κ1) is 14.4. The van der Waals surface area contributed by atoms with Crippen LogP contribution in [0.1, 0.15) is 19.4 Å². The van der Waals surface area contributed by atoms with Crippen molar-refractivity contribution >= 4 is 0 Å². The number of rotatable bonds is 5. The Morgan fingerprint density at radius 3 is 2.50 bits per heavy atom. The van der Waals surface area contributed by atoms with Gasteiger partial charge in [0.25, 0.3) is 0 Å². The van der Waals surface area contributed by atoms with Crippen molar-refractivity contribution in [3.05, 3.63) is 29.3 Å². The van der Waals surface area contributed by atoms with E-state index in [2.05, 4.69) is 5.32 Å². The largest absolute Gasteiger partial charge is 0.490 e. The van der Waals surface area contributed by atoms with Crippen LogP contribution in [0, 0.1) is 29.9 Å². The van der Waals surface area contributed by atoms with Crippen LogP contribution in [-0.2, 0) is 0 Å². The highest BCUT2D eigenvalue weighted by Gasteiger charge is 2.12. The number of benzene rings is 1. The molecule has 18 heavy (non-hydrogen) atoms. The lowest BCUT2D eigenvalue weighted by Gasteiger charge is -2.16. The average Bonchev–Trinajstić information content (AvgIpc) is 2.29. The SMILES string of the molecule is Cc1cc(F)c(F)cc1OCC(C#N)NC(C)C.